The molecule has 0 nitrogen and oxygen atoms in total. The predicted octanol–water partition coefficient (Wildman–Crippen LogP) is 17.2. The van der Waals surface area contributed by atoms with E-state index in [2.05, 4.69) is 117 Å². The summed E-state index contributed by atoms with van der Waals surface area (Å²) < 4.78 is 0. The van der Waals surface area contributed by atoms with Crippen LogP contribution in [-0.2, 0) is 10.8 Å². The van der Waals surface area contributed by atoms with E-state index in [0.717, 1.165) is 58.4 Å². The first-order valence-electron chi connectivity index (χ1n) is 25.2. The van der Waals surface area contributed by atoms with E-state index in [-0.39, 0.29) is 10.8 Å². The maximum absolute atomic E-state index is 3.06. The molecule has 0 amide bonds. The minimum absolute atomic E-state index is 0.223. The second-order valence-electron chi connectivity index (χ2n) is 25.5. The van der Waals surface area contributed by atoms with Crippen molar-refractivity contribution in [3.63, 3.8) is 0 Å². The van der Waals surface area contributed by atoms with Gasteiger partial charge in [-0.1, -0.05) is 181 Å². The van der Waals surface area contributed by atoms with E-state index in [1.807, 2.05) is 0 Å². The maximum Gasteiger partial charge on any atom is 0.0547 e. The van der Waals surface area contributed by atoms with Crippen molar-refractivity contribution in [2.24, 2.45) is 46.3 Å². The van der Waals surface area contributed by atoms with E-state index in [9.17, 15) is 0 Å². The van der Waals surface area contributed by atoms with Gasteiger partial charge in [0.25, 0.3) is 0 Å². The zero-order valence-corrected chi connectivity index (χ0v) is 40.0. The van der Waals surface area contributed by atoms with Crippen LogP contribution < -0.4 is 0 Å². The molecule has 10 unspecified atom stereocenters. The molecule has 2 aromatic rings. The number of hydrogen-bond acceptors (Lipinski definition) is 0. The lowest BCUT2D eigenvalue weighted by molar-refractivity contribution is 0.157. The summed E-state index contributed by atoms with van der Waals surface area (Å²) in [5, 5.41) is 0. The fourth-order valence-electron chi connectivity index (χ4n) is 16.6. The summed E-state index contributed by atoms with van der Waals surface area (Å²) in [6.45, 7) is 25.9. The van der Waals surface area contributed by atoms with Crippen LogP contribution in [0.3, 0.4) is 0 Å². The largest absolute Gasteiger partial charge is 0.0689 e. The van der Waals surface area contributed by atoms with E-state index < -0.39 is 8.07 Å². The van der Waals surface area contributed by atoms with Gasteiger partial charge in [-0.15, -0.1) is 0 Å². The first kappa shape index (κ1) is 42.4. The fourth-order valence-corrected chi connectivity index (χ4v) is 23.0. The lowest BCUT2D eigenvalue weighted by atomic mass is 9.69. The van der Waals surface area contributed by atoms with Crippen LogP contribution in [0.4, 0.5) is 0 Å². The molecule has 0 aromatic heterocycles. The summed E-state index contributed by atoms with van der Waals surface area (Å²) in [6, 6.07) is 20.4. The van der Waals surface area contributed by atoms with Crippen molar-refractivity contribution in [2.45, 2.75) is 231 Å². The van der Waals surface area contributed by atoms with E-state index in [4.69, 9.17) is 0 Å². The SMILES string of the molecule is CC1(CC2CC3C(c4ccc(C(C)(C)C)cc4)CCCC3C2[Si](C)(C)C2C(CC3(C)CCCCC3)CC3C(c4ccc(C(C)(C)C)cc4)CCCC32)CCCCC1. The quantitative estimate of drug-likeness (QED) is 0.234. The highest BCUT2D eigenvalue weighted by Gasteiger charge is 2.62. The fraction of sp³-hybridized carbons (Fsp3) is 0.786. The lowest BCUT2D eigenvalue weighted by Crippen LogP contribution is -2.48. The Morgan fingerprint density at radius 3 is 1.16 bits per heavy atom. The third-order valence-electron chi connectivity index (χ3n) is 19.1. The summed E-state index contributed by atoms with van der Waals surface area (Å²) in [6.07, 6.45) is 29.9. The summed E-state index contributed by atoms with van der Waals surface area (Å²) >= 11 is 0. The molecule has 57 heavy (non-hydrogen) atoms. The van der Waals surface area contributed by atoms with Crippen molar-refractivity contribution in [1.29, 1.82) is 0 Å². The molecule has 316 valence electrons. The highest BCUT2D eigenvalue weighted by Crippen LogP contribution is 2.70. The molecule has 0 spiro atoms. The third-order valence-corrected chi connectivity index (χ3v) is 24.3. The Hall–Kier alpha value is -1.34. The van der Waals surface area contributed by atoms with Crippen LogP contribution in [0, 0.1) is 46.3 Å². The van der Waals surface area contributed by atoms with Crippen LogP contribution in [0.2, 0.25) is 24.2 Å². The van der Waals surface area contributed by atoms with Crippen molar-refractivity contribution in [2.75, 3.05) is 0 Å². The number of hydrogen-bond donors (Lipinski definition) is 0. The summed E-state index contributed by atoms with van der Waals surface area (Å²) in [7, 11) is -1.74. The predicted molar refractivity (Wildman–Crippen MR) is 250 cm³/mol. The summed E-state index contributed by atoms with van der Waals surface area (Å²) in [5.41, 5.74) is 10.0. The van der Waals surface area contributed by atoms with Gasteiger partial charge in [0.05, 0.1) is 8.07 Å². The summed E-state index contributed by atoms with van der Waals surface area (Å²) in [4.78, 5) is 0. The van der Waals surface area contributed by atoms with Gasteiger partial charge in [-0.2, -0.15) is 0 Å². The molecule has 6 aliphatic rings. The average molecular weight is 789 g/mol. The third kappa shape index (κ3) is 8.61. The number of benzene rings is 2. The van der Waals surface area contributed by atoms with Crippen molar-refractivity contribution in [3.8, 4) is 0 Å². The molecule has 6 fully saturated rings. The molecule has 0 bridgehead atoms. The van der Waals surface area contributed by atoms with Gasteiger partial charge in [-0.05, 0) is 167 Å². The zero-order valence-electron chi connectivity index (χ0n) is 39.0. The molecular formula is C56H88Si. The van der Waals surface area contributed by atoms with Crippen LogP contribution in [0.1, 0.15) is 218 Å². The van der Waals surface area contributed by atoms with Gasteiger partial charge in [0.15, 0.2) is 0 Å². The molecule has 0 heterocycles. The lowest BCUT2D eigenvalue weighted by Gasteiger charge is -2.51. The topological polar surface area (TPSA) is 0 Å². The van der Waals surface area contributed by atoms with Gasteiger partial charge in [0, 0.05) is 0 Å². The maximum atomic E-state index is 3.06. The first-order valence-corrected chi connectivity index (χ1v) is 28.3. The molecule has 8 rings (SSSR count). The van der Waals surface area contributed by atoms with Crippen molar-refractivity contribution in [1.82, 2.24) is 0 Å². The second-order valence-corrected chi connectivity index (χ2v) is 30.5. The molecular weight excluding hydrogens is 701 g/mol. The molecule has 0 radical (unpaired) electrons. The highest BCUT2D eigenvalue weighted by atomic mass is 28.3. The smallest absolute Gasteiger partial charge is 0.0547 e. The Morgan fingerprint density at radius 2 is 0.825 bits per heavy atom. The Kier molecular flexibility index (Phi) is 12.0. The molecule has 0 N–H and O–H groups in total. The molecule has 6 saturated carbocycles. The van der Waals surface area contributed by atoms with Crippen molar-refractivity contribution < 1.29 is 0 Å². The molecule has 1 heteroatoms. The molecule has 6 aliphatic carbocycles. The van der Waals surface area contributed by atoms with Crippen LogP contribution in [0.5, 0.6) is 0 Å². The monoisotopic (exact) mass is 789 g/mol. The molecule has 2 aromatic carbocycles. The highest BCUT2D eigenvalue weighted by molar-refractivity contribution is 6.80. The van der Waals surface area contributed by atoms with E-state index in [1.165, 1.54) is 114 Å². The minimum atomic E-state index is -1.74. The van der Waals surface area contributed by atoms with E-state index in [1.54, 1.807) is 36.8 Å². The standard InChI is InChI=1S/C56H88Si/c1-53(2,3)43-27-23-39(24-28-43)45-19-17-21-47-49(45)35-41(37-55(7)31-13-11-14-32-55)51(47)57(9,10)52-42(38-56(8)33-15-12-16-34-56)36-50-46(20-18-22-48(50)52)40-25-29-44(30-26-40)54(4,5)6/h23-30,41-42,45-52H,11-22,31-38H2,1-10H3. The van der Waals surface area contributed by atoms with Gasteiger partial charge < -0.3 is 0 Å². The van der Waals surface area contributed by atoms with Gasteiger partial charge in [0.1, 0.15) is 0 Å². The molecule has 10 atom stereocenters. The van der Waals surface area contributed by atoms with Crippen LogP contribution >= 0.6 is 0 Å². The number of rotatable bonds is 8. The Bertz CT molecular complexity index is 1500. The van der Waals surface area contributed by atoms with Crippen LogP contribution in [0.15, 0.2) is 48.5 Å². The van der Waals surface area contributed by atoms with Crippen LogP contribution in [-0.4, -0.2) is 8.07 Å². The van der Waals surface area contributed by atoms with Gasteiger partial charge in [-0.25, -0.2) is 0 Å². The van der Waals surface area contributed by atoms with E-state index >= 15 is 0 Å². The normalized spacial score (nSPS) is 35.8. The van der Waals surface area contributed by atoms with Gasteiger partial charge in [0.2, 0.25) is 0 Å². The van der Waals surface area contributed by atoms with Crippen molar-refractivity contribution >= 4 is 8.07 Å². The zero-order chi connectivity index (χ0) is 40.4. The van der Waals surface area contributed by atoms with E-state index in [0.29, 0.717) is 10.8 Å². The van der Waals surface area contributed by atoms with Gasteiger partial charge in [-0.3, -0.25) is 0 Å². The minimum Gasteiger partial charge on any atom is -0.0689 e. The summed E-state index contributed by atoms with van der Waals surface area (Å²) in [5.74, 6) is 7.18. The molecule has 0 saturated heterocycles. The second kappa shape index (κ2) is 16.2. The number of fused-ring (bicyclic) bond motifs is 2. The van der Waals surface area contributed by atoms with Crippen molar-refractivity contribution in [3.05, 3.63) is 70.8 Å². The Morgan fingerprint density at radius 1 is 0.474 bits per heavy atom. The Balaban J connectivity index is 1.16. The average Bonchev–Trinajstić information content (AvgIpc) is 3.72. The van der Waals surface area contributed by atoms with Crippen LogP contribution in [0.25, 0.3) is 0 Å². The Labute approximate surface area is 354 Å². The molecule has 0 aliphatic heterocycles. The van der Waals surface area contributed by atoms with Gasteiger partial charge >= 0.3 is 0 Å². The first-order chi connectivity index (χ1) is 27.0.